The second-order valence-electron chi connectivity index (χ2n) is 16.4. The molecule has 240 valence electrons. The van der Waals surface area contributed by atoms with E-state index in [0.29, 0.717) is 45.1 Å². The van der Waals surface area contributed by atoms with Gasteiger partial charge < -0.3 is 20.3 Å². The van der Waals surface area contributed by atoms with Gasteiger partial charge in [0.25, 0.3) is 0 Å². The number of carboxylic acids is 2. The average Bonchev–Trinajstić information content (AvgIpc) is 2.92. The van der Waals surface area contributed by atoms with Crippen LogP contribution in [0.15, 0.2) is 11.6 Å². The van der Waals surface area contributed by atoms with Crippen molar-refractivity contribution in [3.05, 3.63) is 11.6 Å². The molecule has 10 atom stereocenters. The van der Waals surface area contributed by atoms with E-state index in [1.165, 1.54) is 0 Å². The molecule has 3 N–H and O–H groups in total. The van der Waals surface area contributed by atoms with Crippen LogP contribution in [0.5, 0.6) is 0 Å². The van der Waals surface area contributed by atoms with Crippen molar-refractivity contribution in [1.82, 2.24) is 5.32 Å². The number of amides is 1. The first-order chi connectivity index (χ1) is 19.9. The fourth-order valence-electron chi connectivity index (χ4n) is 11.0. The maximum absolute atomic E-state index is 14.5. The van der Waals surface area contributed by atoms with Crippen molar-refractivity contribution in [1.29, 1.82) is 0 Å². The number of alkyl carbamates (subject to hydrolysis) is 1. The van der Waals surface area contributed by atoms with E-state index in [-0.39, 0.29) is 39.8 Å². The van der Waals surface area contributed by atoms with Crippen LogP contribution < -0.4 is 5.32 Å². The van der Waals surface area contributed by atoms with Crippen LogP contribution in [0.4, 0.5) is 4.79 Å². The Balaban J connectivity index is 1.52. The molecule has 0 aliphatic heterocycles. The number of rotatable bonds is 6. The average molecular weight is 600 g/mol. The highest BCUT2D eigenvalue weighted by atomic mass is 16.6. The third kappa shape index (κ3) is 4.42. The standard InChI is InChI=1S/C35H53NO7/c1-8-9-18-36-29(42)43-25-11-12-32(4)24(35(25,7)28(40)41)10-13-34(6)26(32)23(37)19-21-22-20-31(3,27(38)39)15-14-30(22,2)16-17-33(21,34)5/h19,22,24-26H,8-18,20H2,1-7H3,(H,36,42)(H,38,39)(H,40,41)/t22-,24+,25-,26+,30+,31-,32-,33+,34+,35-/m0/s1. The minimum atomic E-state index is -1.32. The molecule has 8 heteroatoms. The van der Waals surface area contributed by atoms with E-state index in [1.54, 1.807) is 6.92 Å². The van der Waals surface area contributed by atoms with Gasteiger partial charge in [0.1, 0.15) is 11.5 Å². The molecular weight excluding hydrogens is 546 g/mol. The molecule has 0 saturated heterocycles. The van der Waals surface area contributed by atoms with Gasteiger partial charge in [0.15, 0.2) is 5.78 Å². The van der Waals surface area contributed by atoms with Crippen LogP contribution in [0, 0.1) is 50.2 Å². The molecule has 1 amide bonds. The SMILES string of the molecule is CCCCNC(=O)O[C@H]1CC[C@@]2(C)[C@@H](CC[C@]3(C)[C@@H]2C(=O)C=C2[C@@H]4C[C@@](C)(C(=O)O)CC[C@]4(C)CC[C@]23C)[C@]1(C)C(=O)O. The van der Waals surface area contributed by atoms with E-state index in [1.807, 2.05) is 19.9 Å². The van der Waals surface area contributed by atoms with Crippen molar-refractivity contribution in [2.45, 2.75) is 125 Å². The van der Waals surface area contributed by atoms with Crippen LogP contribution in [0.1, 0.15) is 119 Å². The summed E-state index contributed by atoms with van der Waals surface area (Å²) in [5, 5.41) is 23.6. The van der Waals surface area contributed by atoms with Gasteiger partial charge in [-0.15, -0.1) is 0 Å². The van der Waals surface area contributed by atoms with Crippen molar-refractivity contribution in [3.8, 4) is 0 Å². The number of hydrogen-bond donors (Lipinski definition) is 3. The highest BCUT2D eigenvalue weighted by molar-refractivity contribution is 5.96. The van der Waals surface area contributed by atoms with Crippen LogP contribution in [-0.2, 0) is 19.1 Å². The third-order valence-corrected chi connectivity index (χ3v) is 14.2. The Kier molecular flexibility index (Phi) is 7.70. The normalized spacial score (nSPS) is 47.1. The zero-order chi connectivity index (χ0) is 31.8. The Labute approximate surface area is 256 Å². The van der Waals surface area contributed by atoms with Crippen LogP contribution >= 0.6 is 0 Å². The summed E-state index contributed by atoms with van der Waals surface area (Å²) in [6.07, 6.45) is 8.60. The van der Waals surface area contributed by atoms with E-state index in [0.717, 1.165) is 37.7 Å². The first-order valence-corrected chi connectivity index (χ1v) is 16.6. The fourth-order valence-corrected chi connectivity index (χ4v) is 11.0. The minimum Gasteiger partial charge on any atom is -0.481 e. The lowest BCUT2D eigenvalue weighted by molar-refractivity contribution is -0.214. The summed E-state index contributed by atoms with van der Waals surface area (Å²) < 4.78 is 5.84. The number of ketones is 1. The maximum Gasteiger partial charge on any atom is 0.407 e. The van der Waals surface area contributed by atoms with Crippen molar-refractivity contribution in [3.63, 3.8) is 0 Å². The van der Waals surface area contributed by atoms with E-state index < -0.39 is 40.4 Å². The number of carboxylic acid groups (broad SMARTS) is 2. The lowest BCUT2D eigenvalue weighted by atomic mass is 9.33. The summed E-state index contributed by atoms with van der Waals surface area (Å²) in [5.74, 6) is -2.32. The van der Waals surface area contributed by atoms with Crippen molar-refractivity contribution in [2.75, 3.05) is 6.54 Å². The summed E-state index contributed by atoms with van der Waals surface area (Å²) in [6.45, 7) is 15.1. The number of nitrogens with one attached hydrogen (secondary N) is 1. The second kappa shape index (κ2) is 10.3. The van der Waals surface area contributed by atoms with Crippen molar-refractivity contribution < 1.29 is 34.1 Å². The summed E-state index contributed by atoms with van der Waals surface area (Å²) >= 11 is 0. The molecule has 0 aromatic rings. The van der Waals surface area contributed by atoms with Gasteiger partial charge in [-0.3, -0.25) is 14.4 Å². The molecule has 5 aliphatic carbocycles. The molecule has 0 spiro atoms. The second-order valence-corrected chi connectivity index (χ2v) is 16.4. The maximum atomic E-state index is 14.5. The van der Waals surface area contributed by atoms with Gasteiger partial charge in [-0.25, -0.2) is 4.79 Å². The van der Waals surface area contributed by atoms with Gasteiger partial charge in [-0.2, -0.15) is 0 Å². The van der Waals surface area contributed by atoms with Gasteiger partial charge >= 0.3 is 18.0 Å². The third-order valence-electron chi connectivity index (χ3n) is 14.2. The molecule has 4 fully saturated rings. The lowest BCUT2D eigenvalue weighted by Gasteiger charge is -2.70. The Morgan fingerprint density at radius 1 is 0.930 bits per heavy atom. The van der Waals surface area contributed by atoms with Crippen molar-refractivity contribution >= 4 is 23.8 Å². The largest absolute Gasteiger partial charge is 0.481 e. The van der Waals surface area contributed by atoms with Gasteiger partial charge in [0, 0.05) is 12.5 Å². The summed E-state index contributed by atoms with van der Waals surface area (Å²) in [6, 6.07) is 0. The van der Waals surface area contributed by atoms with Gasteiger partial charge in [-0.05, 0) is 118 Å². The Hall–Kier alpha value is -2.38. The monoisotopic (exact) mass is 599 g/mol. The fraction of sp³-hybridized carbons (Fsp3) is 0.829. The molecule has 43 heavy (non-hydrogen) atoms. The zero-order valence-electron chi connectivity index (χ0n) is 27.3. The van der Waals surface area contributed by atoms with E-state index in [2.05, 4.69) is 33.0 Å². The molecule has 5 rings (SSSR count). The Bertz CT molecular complexity index is 1240. The topological polar surface area (TPSA) is 130 Å². The lowest BCUT2D eigenvalue weighted by Crippen LogP contribution is -2.68. The molecule has 0 aromatic heterocycles. The van der Waals surface area contributed by atoms with E-state index >= 15 is 0 Å². The number of carbonyl (C=O) groups excluding carboxylic acids is 2. The number of allylic oxidation sites excluding steroid dienone is 2. The molecular formula is C35H53NO7. The van der Waals surface area contributed by atoms with Crippen LogP contribution in [0.3, 0.4) is 0 Å². The van der Waals surface area contributed by atoms with Crippen molar-refractivity contribution in [2.24, 2.45) is 50.2 Å². The molecule has 4 saturated carbocycles. The minimum absolute atomic E-state index is 0.0279. The first-order valence-electron chi connectivity index (χ1n) is 16.6. The van der Waals surface area contributed by atoms with Crippen LogP contribution in [-0.4, -0.2) is 46.7 Å². The summed E-state index contributed by atoms with van der Waals surface area (Å²) in [4.78, 5) is 52.6. The number of hydrogen-bond acceptors (Lipinski definition) is 5. The predicted molar refractivity (Wildman–Crippen MR) is 162 cm³/mol. The number of ether oxygens (including phenoxy) is 1. The number of carbonyl (C=O) groups is 4. The zero-order valence-corrected chi connectivity index (χ0v) is 27.3. The number of unbranched alkanes of at least 4 members (excludes halogenated alkanes) is 1. The first kappa shape index (κ1) is 32.0. The highest BCUT2D eigenvalue weighted by Crippen LogP contribution is 2.75. The van der Waals surface area contributed by atoms with Gasteiger partial charge in [0.2, 0.25) is 0 Å². The quantitative estimate of drug-likeness (QED) is 0.280. The van der Waals surface area contributed by atoms with Gasteiger partial charge in [0.05, 0.1) is 5.41 Å². The Morgan fingerprint density at radius 3 is 2.23 bits per heavy atom. The molecule has 8 nitrogen and oxygen atoms in total. The Morgan fingerprint density at radius 2 is 1.60 bits per heavy atom. The van der Waals surface area contributed by atoms with E-state index in [9.17, 15) is 29.4 Å². The highest BCUT2D eigenvalue weighted by Gasteiger charge is 2.72. The number of aliphatic carboxylic acids is 2. The molecule has 0 heterocycles. The van der Waals surface area contributed by atoms with Crippen LogP contribution in [0.2, 0.25) is 0 Å². The molecule has 0 aromatic carbocycles. The molecule has 0 bridgehead atoms. The van der Waals surface area contributed by atoms with Crippen LogP contribution in [0.25, 0.3) is 0 Å². The summed E-state index contributed by atoms with van der Waals surface area (Å²) in [7, 11) is 0. The van der Waals surface area contributed by atoms with Gasteiger partial charge in [-0.1, -0.05) is 46.6 Å². The predicted octanol–water partition coefficient (Wildman–Crippen LogP) is 7.01. The molecule has 5 aliphatic rings. The van der Waals surface area contributed by atoms with E-state index in [4.69, 9.17) is 4.74 Å². The molecule has 0 unspecified atom stereocenters. The summed E-state index contributed by atoms with van der Waals surface area (Å²) in [5.41, 5.74) is -2.27. The molecule has 0 radical (unpaired) electrons. The smallest absolute Gasteiger partial charge is 0.407 e. The number of fused-ring (bicyclic) bond motifs is 7.